The van der Waals surface area contributed by atoms with Gasteiger partial charge < -0.3 is 20.3 Å². The highest BCUT2D eigenvalue weighted by Crippen LogP contribution is 2.18. The van der Waals surface area contributed by atoms with E-state index in [1.807, 2.05) is 0 Å². The minimum absolute atomic E-state index is 0.00767. The first-order valence-corrected chi connectivity index (χ1v) is 29.9. The van der Waals surface area contributed by atoms with Crippen LogP contribution in [0.3, 0.4) is 0 Å². The summed E-state index contributed by atoms with van der Waals surface area (Å²) in [6.07, 6.45) is 66.3. The van der Waals surface area contributed by atoms with Crippen molar-refractivity contribution in [1.82, 2.24) is 5.32 Å². The second-order valence-corrected chi connectivity index (χ2v) is 20.7. The monoisotopic (exact) mass is 932 g/mol. The van der Waals surface area contributed by atoms with Gasteiger partial charge in [0.25, 0.3) is 0 Å². The van der Waals surface area contributed by atoms with Crippen LogP contribution in [0.1, 0.15) is 335 Å². The molecule has 0 aliphatic carbocycles. The molecule has 0 aliphatic rings. The summed E-state index contributed by atoms with van der Waals surface area (Å²) in [5, 5.41) is 23.3. The Balaban J connectivity index is 3.46. The summed E-state index contributed by atoms with van der Waals surface area (Å²) >= 11 is 0. The Morgan fingerprint density at radius 2 is 0.712 bits per heavy atom. The van der Waals surface area contributed by atoms with Crippen molar-refractivity contribution in [3.63, 3.8) is 0 Å². The van der Waals surface area contributed by atoms with Crippen LogP contribution in [0.15, 0.2) is 12.2 Å². The second-order valence-electron chi connectivity index (χ2n) is 20.7. The number of nitrogens with one attached hydrogen (secondary N) is 1. The standard InChI is InChI=1S/C60H117NO5/c1-3-5-7-9-11-13-15-17-19-21-22-24-25-28-32-36-40-44-48-52-58(63)57(56-62)61-59(64)53-49-45-41-37-33-29-27-31-35-39-43-47-51-55-66-60(65)54-50-46-42-38-34-30-26-23-20-18-16-14-12-10-8-6-4-2/h29,33,57-58,62-63H,3-28,30-32,34-56H2,1-2H3,(H,61,64)/b33-29-. The summed E-state index contributed by atoms with van der Waals surface area (Å²) in [4.78, 5) is 24.6. The molecule has 1 amide bonds. The lowest BCUT2D eigenvalue weighted by atomic mass is 10.0. The van der Waals surface area contributed by atoms with E-state index >= 15 is 0 Å². The van der Waals surface area contributed by atoms with Crippen LogP contribution in [0.5, 0.6) is 0 Å². The maximum absolute atomic E-state index is 12.5. The summed E-state index contributed by atoms with van der Waals surface area (Å²) in [6, 6.07) is -0.561. The number of aliphatic hydroxyl groups is 2. The van der Waals surface area contributed by atoms with Crippen LogP contribution in [0.25, 0.3) is 0 Å². The average molecular weight is 933 g/mol. The van der Waals surface area contributed by atoms with E-state index in [1.165, 1.54) is 231 Å². The fourth-order valence-electron chi connectivity index (χ4n) is 9.46. The number of ether oxygens (including phenoxy) is 1. The Labute approximate surface area is 412 Å². The Kier molecular flexibility index (Phi) is 55.0. The van der Waals surface area contributed by atoms with E-state index < -0.39 is 12.1 Å². The molecule has 0 fully saturated rings. The third-order valence-corrected chi connectivity index (χ3v) is 14.1. The minimum atomic E-state index is -0.681. The van der Waals surface area contributed by atoms with Gasteiger partial charge in [0.1, 0.15) is 0 Å². The van der Waals surface area contributed by atoms with Gasteiger partial charge in [-0.3, -0.25) is 9.59 Å². The molecule has 0 spiro atoms. The fourth-order valence-corrected chi connectivity index (χ4v) is 9.46. The van der Waals surface area contributed by atoms with Crippen LogP contribution >= 0.6 is 0 Å². The van der Waals surface area contributed by atoms with Crippen molar-refractivity contribution in [3.8, 4) is 0 Å². The molecule has 0 radical (unpaired) electrons. The van der Waals surface area contributed by atoms with E-state index in [1.54, 1.807) is 0 Å². The van der Waals surface area contributed by atoms with Crippen LogP contribution in [0.2, 0.25) is 0 Å². The molecule has 2 atom stereocenters. The molecule has 0 heterocycles. The van der Waals surface area contributed by atoms with E-state index in [4.69, 9.17) is 4.74 Å². The zero-order chi connectivity index (χ0) is 47.9. The molecule has 66 heavy (non-hydrogen) atoms. The Hall–Kier alpha value is -1.40. The summed E-state index contributed by atoms with van der Waals surface area (Å²) < 4.78 is 5.48. The predicted molar refractivity (Wildman–Crippen MR) is 287 cm³/mol. The smallest absolute Gasteiger partial charge is 0.305 e. The molecular formula is C60H117NO5. The number of amides is 1. The van der Waals surface area contributed by atoms with Gasteiger partial charge in [0, 0.05) is 12.8 Å². The lowest BCUT2D eigenvalue weighted by molar-refractivity contribution is -0.143. The zero-order valence-corrected chi connectivity index (χ0v) is 44.7. The molecule has 392 valence electrons. The quantitative estimate of drug-likeness (QED) is 0.0321. The minimum Gasteiger partial charge on any atom is -0.466 e. The van der Waals surface area contributed by atoms with Gasteiger partial charge in [-0.1, -0.05) is 283 Å². The Morgan fingerprint density at radius 3 is 1.09 bits per heavy atom. The third kappa shape index (κ3) is 52.0. The molecule has 3 N–H and O–H groups in total. The first kappa shape index (κ1) is 64.6. The van der Waals surface area contributed by atoms with Gasteiger partial charge in [-0.2, -0.15) is 0 Å². The van der Waals surface area contributed by atoms with Crippen LogP contribution in [-0.4, -0.2) is 47.4 Å². The molecule has 2 unspecified atom stereocenters. The topological polar surface area (TPSA) is 95.9 Å². The van der Waals surface area contributed by atoms with Gasteiger partial charge in [0.05, 0.1) is 25.4 Å². The van der Waals surface area contributed by atoms with Crippen molar-refractivity contribution in [3.05, 3.63) is 12.2 Å². The third-order valence-electron chi connectivity index (χ3n) is 14.1. The van der Waals surface area contributed by atoms with Crippen molar-refractivity contribution in [2.24, 2.45) is 0 Å². The summed E-state index contributed by atoms with van der Waals surface area (Å²) in [6.45, 7) is 4.94. The van der Waals surface area contributed by atoms with Crippen LogP contribution < -0.4 is 5.32 Å². The fraction of sp³-hybridized carbons (Fsp3) is 0.933. The van der Waals surface area contributed by atoms with Crippen molar-refractivity contribution in [2.75, 3.05) is 13.2 Å². The predicted octanol–water partition coefficient (Wildman–Crippen LogP) is 18.5. The normalized spacial score (nSPS) is 12.6. The van der Waals surface area contributed by atoms with Crippen molar-refractivity contribution in [1.29, 1.82) is 0 Å². The second kappa shape index (κ2) is 56.2. The first-order valence-electron chi connectivity index (χ1n) is 29.9. The van der Waals surface area contributed by atoms with Gasteiger partial charge in [-0.25, -0.2) is 0 Å². The molecule has 6 nitrogen and oxygen atoms in total. The van der Waals surface area contributed by atoms with E-state index in [0.29, 0.717) is 25.9 Å². The lowest BCUT2D eigenvalue weighted by Crippen LogP contribution is -2.45. The van der Waals surface area contributed by atoms with Gasteiger partial charge in [-0.15, -0.1) is 0 Å². The molecule has 6 heteroatoms. The number of allylic oxidation sites excluding steroid dienone is 2. The Bertz CT molecular complexity index is 986. The number of hydrogen-bond donors (Lipinski definition) is 3. The number of hydrogen-bond acceptors (Lipinski definition) is 5. The number of unbranched alkanes of at least 4 members (excludes halogenated alkanes) is 43. The molecule has 0 aliphatic heterocycles. The van der Waals surface area contributed by atoms with Crippen molar-refractivity contribution in [2.45, 2.75) is 347 Å². The number of esters is 1. The number of rotatable bonds is 56. The molecule has 0 saturated heterocycles. The molecule has 0 aromatic rings. The van der Waals surface area contributed by atoms with Gasteiger partial charge in [-0.05, 0) is 51.4 Å². The van der Waals surface area contributed by atoms with E-state index in [9.17, 15) is 19.8 Å². The van der Waals surface area contributed by atoms with Crippen molar-refractivity contribution < 1.29 is 24.5 Å². The number of aliphatic hydroxyl groups excluding tert-OH is 2. The first-order chi connectivity index (χ1) is 32.5. The van der Waals surface area contributed by atoms with Gasteiger partial charge >= 0.3 is 5.97 Å². The average Bonchev–Trinajstić information content (AvgIpc) is 3.32. The van der Waals surface area contributed by atoms with Crippen LogP contribution in [0.4, 0.5) is 0 Å². The maximum atomic E-state index is 12.5. The van der Waals surface area contributed by atoms with E-state index in [0.717, 1.165) is 70.6 Å². The summed E-state index contributed by atoms with van der Waals surface area (Å²) in [5.74, 6) is -0.0690. The highest BCUT2D eigenvalue weighted by atomic mass is 16.5. The van der Waals surface area contributed by atoms with Crippen LogP contribution in [0, 0.1) is 0 Å². The largest absolute Gasteiger partial charge is 0.466 e. The van der Waals surface area contributed by atoms with Crippen molar-refractivity contribution >= 4 is 11.9 Å². The molecule has 0 bridgehead atoms. The SMILES string of the molecule is CCCCCCCCCCCCCCCCCCCCCC(O)C(CO)NC(=O)CCCCC/C=C\CCCCCCCCOC(=O)CCCCCCCCCCCCCCCCCCC. The lowest BCUT2D eigenvalue weighted by Gasteiger charge is -2.22. The van der Waals surface area contributed by atoms with E-state index in [2.05, 4.69) is 31.3 Å². The van der Waals surface area contributed by atoms with Gasteiger partial charge in [0.15, 0.2) is 0 Å². The zero-order valence-electron chi connectivity index (χ0n) is 44.7. The summed E-state index contributed by atoms with van der Waals surface area (Å²) in [5.41, 5.74) is 0. The highest BCUT2D eigenvalue weighted by Gasteiger charge is 2.20. The van der Waals surface area contributed by atoms with Crippen LogP contribution in [-0.2, 0) is 14.3 Å². The Morgan fingerprint density at radius 1 is 0.409 bits per heavy atom. The van der Waals surface area contributed by atoms with E-state index in [-0.39, 0.29) is 18.5 Å². The highest BCUT2D eigenvalue weighted by molar-refractivity contribution is 5.76. The molecular weight excluding hydrogens is 815 g/mol. The molecule has 0 rings (SSSR count). The molecule has 0 aromatic carbocycles. The molecule has 0 saturated carbocycles. The summed E-state index contributed by atoms with van der Waals surface area (Å²) in [7, 11) is 0. The van der Waals surface area contributed by atoms with Gasteiger partial charge in [0.2, 0.25) is 5.91 Å². The number of carbonyl (C=O) groups is 2. The number of carbonyl (C=O) groups excluding carboxylic acids is 2. The maximum Gasteiger partial charge on any atom is 0.305 e. The molecule has 0 aromatic heterocycles.